The molecule has 8 nitrogen and oxygen atoms in total. The smallest absolute Gasteiger partial charge is 0.306 e. The van der Waals surface area contributed by atoms with Crippen LogP contribution in [0.15, 0.2) is 0 Å². The van der Waals surface area contributed by atoms with E-state index in [1.165, 1.54) is 0 Å². The zero-order chi connectivity index (χ0) is 20.4. The minimum Gasteiger partial charge on any atom is -0.456 e. The fraction of sp³-hybridized carbons (Fsp3) is 0.842. The van der Waals surface area contributed by atoms with Crippen molar-refractivity contribution in [2.45, 2.75) is 96.7 Å². The first-order valence-corrected chi connectivity index (χ1v) is 9.82. The molecule has 0 aromatic rings. The van der Waals surface area contributed by atoms with Crippen molar-refractivity contribution in [3.63, 3.8) is 0 Å². The zero-order valence-electron chi connectivity index (χ0n) is 16.7. The van der Waals surface area contributed by atoms with Crippen LogP contribution in [0.1, 0.15) is 66.2 Å². The first-order valence-electron chi connectivity index (χ1n) is 9.82. The fourth-order valence-electron chi connectivity index (χ4n) is 3.07. The highest BCUT2D eigenvalue weighted by atomic mass is 16.6. The largest absolute Gasteiger partial charge is 0.456 e. The predicted octanol–water partition coefficient (Wildman–Crippen LogP) is 1.47. The number of carbonyl (C=O) groups excluding carboxylic acids is 3. The lowest BCUT2D eigenvalue weighted by molar-refractivity contribution is -0.220. The average molecular weight is 387 g/mol. The quantitative estimate of drug-likeness (QED) is 0.546. The van der Waals surface area contributed by atoms with Crippen molar-refractivity contribution in [2.75, 3.05) is 6.61 Å². The predicted molar refractivity (Wildman–Crippen MR) is 97.8 cm³/mol. The van der Waals surface area contributed by atoms with Crippen molar-refractivity contribution >= 4 is 17.8 Å². The van der Waals surface area contributed by atoms with Crippen molar-refractivity contribution in [1.29, 1.82) is 0 Å². The normalized spacial score (nSPS) is 27.7. The Morgan fingerprint density at radius 2 is 1.44 bits per heavy atom. The highest BCUT2D eigenvalue weighted by molar-refractivity contribution is 5.76. The molecule has 1 rings (SSSR count). The van der Waals surface area contributed by atoms with E-state index >= 15 is 0 Å². The van der Waals surface area contributed by atoms with Gasteiger partial charge in [0.05, 0.1) is 18.8 Å². The number of ether oxygens (including phenoxy) is 3. The molecule has 0 bridgehead atoms. The van der Waals surface area contributed by atoms with Crippen LogP contribution in [0.3, 0.4) is 0 Å². The van der Waals surface area contributed by atoms with E-state index < -0.39 is 49.0 Å². The zero-order valence-corrected chi connectivity index (χ0v) is 16.7. The third-order valence-electron chi connectivity index (χ3n) is 4.37. The van der Waals surface area contributed by atoms with Crippen LogP contribution >= 0.6 is 0 Å². The fourth-order valence-corrected chi connectivity index (χ4v) is 3.07. The second kappa shape index (κ2) is 11.9. The second-order valence-electron chi connectivity index (χ2n) is 6.81. The van der Waals surface area contributed by atoms with Crippen molar-refractivity contribution in [1.82, 2.24) is 5.32 Å². The molecule has 0 spiro atoms. The van der Waals surface area contributed by atoms with Gasteiger partial charge in [0.2, 0.25) is 5.91 Å². The summed E-state index contributed by atoms with van der Waals surface area (Å²) in [5.41, 5.74) is 0. The highest BCUT2D eigenvalue weighted by Crippen LogP contribution is 2.27. The molecule has 8 heteroatoms. The summed E-state index contributed by atoms with van der Waals surface area (Å²) in [6.45, 7) is 6.91. The van der Waals surface area contributed by atoms with Crippen molar-refractivity contribution < 1.29 is 33.7 Å². The summed E-state index contributed by atoms with van der Waals surface area (Å²) in [4.78, 5) is 36.3. The average Bonchev–Trinajstić information content (AvgIpc) is 2.60. The van der Waals surface area contributed by atoms with E-state index in [0.29, 0.717) is 25.7 Å². The number of amides is 1. The topological polar surface area (TPSA) is 111 Å². The van der Waals surface area contributed by atoms with Crippen molar-refractivity contribution in [3.05, 3.63) is 0 Å². The van der Waals surface area contributed by atoms with Crippen molar-refractivity contribution in [3.8, 4) is 0 Å². The number of rotatable bonds is 10. The van der Waals surface area contributed by atoms with Crippen LogP contribution < -0.4 is 5.32 Å². The molecule has 5 atom stereocenters. The van der Waals surface area contributed by atoms with Gasteiger partial charge in [-0.2, -0.15) is 0 Å². The van der Waals surface area contributed by atoms with E-state index in [0.717, 1.165) is 0 Å². The Morgan fingerprint density at radius 1 is 0.926 bits per heavy atom. The van der Waals surface area contributed by atoms with Crippen LogP contribution in [0.4, 0.5) is 0 Å². The molecule has 1 aliphatic rings. The Balaban J connectivity index is 3.10. The van der Waals surface area contributed by atoms with Gasteiger partial charge in [-0.1, -0.05) is 20.8 Å². The summed E-state index contributed by atoms with van der Waals surface area (Å²) >= 11 is 0. The third kappa shape index (κ3) is 7.10. The highest BCUT2D eigenvalue weighted by Gasteiger charge is 2.49. The van der Waals surface area contributed by atoms with Crippen LogP contribution in [0.2, 0.25) is 0 Å². The Morgan fingerprint density at radius 3 is 1.93 bits per heavy atom. The Bertz CT molecular complexity index is 496. The summed E-state index contributed by atoms with van der Waals surface area (Å²) in [7, 11) is 0. The molecule has 1 heterocycles. The molecule has 0 aromatic carbocycles. The molecule has 1 fully saturated rings. The molecule has 1 saturated heterocycles. The maximum absolute atomic E-state index is 12.1. The molecule has 1 unspecified atom stereocenters. The van der Waals surface area contributed by atoms with E-state index in [2.05, 4.69) is 5.32 Å². The van der Waals surface area contributed by atoms with Crippen molar-refractivity contribution in [2.24, 2.45) is 0 Å². The molecular weight excluding hydrogens is 354 g/mol. The van der Waals surface area contributed by atoms with Crippen LogP contribution in [-0.2, 0) is 28.6 Å². The summed E-state index contributed by atoms with van der Waals surface area (Å²) in [6, 6.07) is -0.674. The Hall–Kier alpha value is -1.67. The minimum atomic E-state index is -0.988. The van der Waals surface area contributed by atoms with Gasteiger partial charge >= 0.3 is 11.9 Å². The van der Waals surface area contributed by atoms with Gasteiger partial charge in [0.25, 0.3) is 0 Å². The van der Waals surface area contributed by atoms with E-state index in [9.17, 15) is 19.5 Å². The lowest BCUT2D eigenvalue weighted by atomic mass is 9.92. The van der Waals surface area contributed by atoms with Gasteiger partial charge in [-0.15, -0.1) is 0 Å². The van der Waals surface area contributed by atoms with Crippen LogP contribution in [0.25, 0.3) is 0 Å². The van der Waals surface area contributed by atoms with Gasteiger partial charge in [-0.05, 0) is 26.2 Å². The van der Waals surface area contributed by atoms with Gasteiger partial charge < -0.3 is 24.6 Å². The molecule has 27 heavy (non-hydrogen) atoms. The number of carbonyl (C=O) groups is 3. The van der Waals surface area contributed by atoms with Crippen LogP contribution in [0.5, 0.6) is 0 Å². The molecule has 0 radical (unpaired) electrons. The number of esters is 2. The standard InChI is InChI=1S/C19H33NO7/c1-5-8-14(22)20-17-12(4)25-13(11-21)18(26-15(23)9-6-2)19(17)27-16(24)10-7-3/h12-13,17-19,21H,5-11H2,1-4H3,(H,20,22)/t12?,13-,17+,18-,19-/m1/s1. The van der Waals surface area contributed by atoms with Gasteiger partial charge in [0.15, 0.2) is 12.2 Å². The van der Waals surface area contributed by atoms with E-state index in [1.807, 2.05) is 20.8 Å². The molecule has 0 saturated carbocycles. The van der Waals surface area contributed by atoms with Crippen LogP contribution in [-0.4, -0.2) is 60.0 Å². The van der Waals surface area contributed by atoms with Gasteiger partial charge in [0.1, 0.15) is 6.10 Å². The molecule has 1 amide bonds. The number of aliphatic hydroxyl groups is 1. The molecule has 0 aliphatic carbocycles. The molecular formula is C19H33NO7. The Kier molecular flexibility index (Phi) is 10.3. The van der Waals surface area contributed by atoms with E-state index in [4.69, 9.17) is 14.2 Å². The summed E-state index contributed by atoms with van der Waals surface area (Å²) in [5, 5.41) is 12.5. The lowest BCUT2D eigenvalue weighted by Gasteiger charge is -2.44. The number of hydrogen-bond donors (Lipinski definition) is 2. The number of nitrogens with one attached hydrogen (secondary N) is 1. The second-order valence-corrected chi connectivity index (χ2v) is 6.81. The van der Waals surface area contributed by atoms with Crippen LogP contribution in [0, 0.1) is 0 Å². The lowest BCUT2D eigenvalue weighted by Crippen LogP contribution is -2.65. The summed E-state index contributed by atoms with van der Waals surface area (Å²) in [5.74, 6) is -1.11. The third-order valence-corrected chi connectivity index (χ3v) is 4.37. The Labute approximate surface area is 160 Å². The SMILES string of the molecule is CCCC(=O)N[C@H]1C(C)O[C@H](CO)[C@@H](OC(=O)CCC)[C@@H]1OC(=O)CCC. The maximum Gasteiger partial charge on any atom is 0.306 e. The van der Waals surface area contributed by atoms with Gasteiger partial charge in [-0.3, -0.25) is 14.4 Å². The first-order chi connectivity index (χ1) is 12.9. The van der Waals surface area contributed by atoms with Gasteiger partial charge in [0, 0.05) is 19.3 Å². The monoisotopic (exact) mass is 387 g/mol. The molecule has 156 valence electrons. The molecule has 1 aliphatic heterocycles. The van der Waals surface area contributed by atoms with E-state index in [1.54, 1.807) is 6.92 Å². The van der Waals surface area contributed by atoms with E-state index in [-0.39, 0.29) is 18.7 Å². The summed E-state index contributed by atoms with van der Waals surface area (Å²) < 4.78 is 16.8. The van der Waals surface area contributed by atoms with Gasteiger partial charge in [-0.25, -0.2) is 0 Å². The number of hydrogen-bond acceptors (Lipinski definition) is 7. The summed E-state index contributed by atoms with van der Waals surface area (Å²) in [6.07, 6.45) is -0.664. The molecule has 2 N–H and O–H groups in total. The maximum atomic E-state index is 12.1. The molecule has 0 aromatic heterocycles. The minimum absolute atomic E-state index is 0.199. The number of aliphatic hydroxyl groups excluding tert-OH is 1. The first kappa shape index (κ1) is 23.4.